The maximum atomic E-state index is 13.9. The average molecular weight is 737 g/mol. The summed E-state index contributed by atoms with van der Waals surface area (Å²) < 4.78 is 10.4. The zero-order valence-corrected chi connectivity index (χ0v) is 30.6. The van der Waals surface area contributed by atoms with E-state index >= 15 is 0 Å². The first-order valence-corrected chi connectivity index (χ1v) is 17.4. The van der Waals surface area contributed by atoms with Crippen molar-refractivity contribution in [2.75, 3.05) is 91.7 Å². The zero-order chi connectivity index (χ0) is 37.7. The summed E-state index contributed by atoms with van der Waals surface area (Å²) in [6.45, 7) is -0.469. The molecule has 0 saturated carbocycles. The molecular formula is C38H49ClN6O7. The second kappa shape index (κ2) is 22.8. The first-order valence-electron chi connectivity index (χ1n) is 17.0. The van der Waals surface area contributed by atoms with Crippen molar-refractivity contribution in [3.63, 3.8) is 0 Å². The molecule has 0 fully saturated rings. The molecule has 0 aliphatic carbocycles. The maximum absolute atomic E-state index is 13.9. The molecule has 0 bridgehead atoms. The van der Waals surface area contributed by atoms with Gasteiger partial charge in [-0.3, -0.25) is 24.0 Å². The molecule has 0 unspecified atom stereocenters. The van der Waals surface area contributed by atoms with Crippen molar-refractivity contribution in [3.05, 3.63) is 101 Å². The van der Waals surface area contributed by atoms with Gasteiger partial charge in [0.2, 0.25) is 29.5 Å². The first kappa shape index (κ1) is 41.4. The van der Waals surface area contributed by atoms with E-state index in [9.17, 15) is 24.0 Å². The molecule has 3 aromatic carbocycles. The van der Waals surface area contributed by atoms with Crippen LogP contribution in [0.5, 0.6) is 0 Å². The lowest BCUT2D eigenvalue weighted by Gasteiger charge is -2.31. The normalized spacial score (nSPS) is 10.7. The van der Waals surface area contributed by atoms with Crippen LogP contribution in [0.15, 0.2) is 84.9 Å². The Bertz CT molecular complexity index is 1580. The van der Waals surface area contributed by atoms with Crippen molar-refractivity contribution in [2.45, 2.75) is 12.8 Å². The Balaban J connectivity index is 1.77. The largest absolute Gasteiger partial charge is 0.383 e. The number of anilines is 1. The van der Waals surface area contributed by atoms with Gasteiger partial charge >= 0.3 is 0 Å². The van der Waals surface area contributed by atoms with Crippen LogP contribution in [0, 0.1) is 0 Å². The summed E-state index contributed by atoms with van der Waals surface area (Å²) in [6.07, 6.45) is 0.936. The van der Waals surface area contributed by atoms with Gasteiger partial charge in [-0.05, 0) is 42.2 Å². The third-order valence-corrected chi connectivity index (χ3v) is 8.40. The monoisotopic (exact) mass is 736 g/mol. The lowest BCUT2D eigenvalue weighted by molar-refractivity contribution is -0.146. The van der Waals surface area contributed by atoms with Gasteiger partial charge in [0.15, 0.2) is 0 Å². The van der Waals surface area contributed by atoms with Gasteiger partial charge in [-0.1, -0.05) is 78.3 Å². The van der Waals surface area contributed by atoms with Gasteiger partial charge in [0.1, 0.15) is 0 Å². The van der Waals surface area contributed by atoms with Gasteiger partial charge in [0.05, 0.1) is 45.9 Å². The summed E-state index contributed by atoms with van der Waals surface area (Å²) in [5.41, 5.74) is 8.05. The number of nitrogens with zero attached hydrogens (tertiary/aromatic N) is 4. The van der Waals surface area contributed by atoms with Crippen molar-refractivity contribution in [1.82, 2.24) is 19.6 Å². The highest BCUT2D eigenvalue weighted by atomic mass is 35.5. The topological polar surface area (TPSA) is 155 Å². The van der Waals surface area contributed by atoms with Gasteiger partial charge in [0, 0.05) is 51.1 Å². The van der Waals surface area contributed by atoms with Crippen LogP contribution in [0.25, 0.3) is 0 Å². The Kier molecular flexibility index (Phi) is 18.1. The van der Waals surface area contributed by atoms with Crippen molar-refractivity contribution in [3.8, 4) is 0 Å². The third kappa shape index (κ3) is 15.1. The molecule has 5 amide bonds. The van der Waals surface area contributed by atoms with Crippen LogP contribution < -0.4 is 11.1 Å². The fraction of sp³-hybridized carbons (Fsp3) is 0.395. The van der Waals surface area contributed by atoms with Gasteiger partial charge in [-0.2, -0.15) is 0 Å². The minimum absolute atomic E-state index is 0.0680. The highest BCUT2D eigenvalue weighted by molar-refractivity contribution is 6.30. The standard InChI is InChI=1S/C38H49ClN6O7/c1-51-22-20-44(35(47)25-41-33-15-9-14-32(39)24-33)28-37(49)43(19-17-31-12-7-4-8-13-31)27-38(50)45(21-23-52-2)29-36(48)42(26-34(40)46)18-16-30-10-5-3-6-11-30/h3-15,24,41H,16-23,25-29H2,1-2H3,(H2,40,46). The minimum atomic E-state index is -0.677. The number of carbonyl (C=O) groups excluding carboxylic acids is 5. The quantitative estimate of drug-likeness (QED) is 0.150. The van der Waals surface area contributed by atoms with Crippen LogP contribution in [0.4, 0.5) is 5.69 Å². The molecule has 0 aliphatic heterocycles. The number of carbonyl (C=O) groups is 5. The highest BCUT2D eigenvalue weighted by Crippen LogP contribution is 2.15. The summed E-state index contributed by atoms with van der Waals surface area (Å²) >= 11 is 6.08. The molecule has 3 N–H and O–H groups in total. The lowest BCUT2D eigenvalue weighted by atomic mass is 10.1. The number of hydrogen-bond acceptors (Lipinski definition) is 8. The fourth-order valence-corrected chi connectivity index (χ4v) is 5.44. The van der Waals surface area contributed by atoms with Crippen LogP contribution in [-0.4, -0.2) is 135 Å². The van der Waals surface area contributed by atoms with Crippen molar-refractivity contribution in [2.24, 2.45) is 5.73 Å². The smallest absolute Gasteiger partial charge is 0.242 e. The van der Waals surface area contributed by atoms with Crippen molar-refractivity contribution in [1.29, 1.82) is 0 Å². The summed E-state index contributed by atoms with van der Waals surface area (Å²) in [4.78, 5) is 72.0. The summed E-state index contributed by atoms with van der Waals surface area (Å²) in [5, 5.41) is 3.55. The highest BCUT2D eigenvalue weighted by Gasteiger charge is 2.27. The number of primary amides is 1. The van der Waals surface area contributed by atoms with Crippen LogP contribution in [0.2, 0.25) is 5.02 Å². The van der Waals surface area contributed by atoms with Crippen LogP contribution in [0.1, 0.15) is 11.1 Å². The van der Waals surface area contributed by atoms with E-state index in [1.807, 2.05) is 60.7 Å². The second-order valence-corrected chi connectivity index (χ2v) is 12.5. The number of amides is 5. The Morgan fingerprint density at radius 1 is 0.596 bits per heavy atom. The average Bonchev–Trinajstić information content (AvgIpc) is 3.14. The van der Waals surface area contributed by atoms with Crippen molar-refractivity contribution >= 4 is 46.8 Å². The van der Waals surface area contributed by atoms with E-state index in [0.717, 1.165) is 11.1 Å². The maximum Gasteiger partial charge on any atom is 0.242 e. The number of ether oxygens (including phenoxy) is 2. The molecule has 3 rings (SSSR count). The summed E-state index contributed by atoms with van der Waals surface area (Å²) in [5.74, 6) is -2.44. The molecule has 280 valence electrons. The molecule has 0 atom stereocenters. The lowest BCUT2D eigenvalue weighted by Crippen LogP contribution is -2.52. The minimum Gasteiger partial charge on any atom is -0.383 e. The van der Waals surface area contributed by atoms with Crippen LogP contribution >= 0.6 is 11.6 Å². The van der Waals surface area contributed by atoms with E-state index in [1.165, 1.54) is 33.8 Å². The van der Waals surface area contributed by atoms with Gasteiger partial charge in [-0.25, -0.2) is 0 Å². The number of rotatable bonds is 23. The number of halogens is 1. The predicted molar refractivity (Wildman–Crippen MR) is 200 cm³/mol. The zero-order valence-electron chi connectivity index (χ0n) is 29.9. The molecule has 0 aromatic heterocycles. The van der Waals surface area contributed by atoms with Crippen LogP contribution in [-0.2, 0) is 46.3 Å². The number of methoxy groups -OCH3 is 2. The first-order chi connectivity index (χ1) is 25.1. The van der Waals surface area contributed by atoms with E-state index in [1.54, 1.807) is 24.3 Å². The molecule has 0 radical (unpaired) electrons. The summed E-state index contributed by atoms with van der Waals surface area (Å²) in [6, 6.07) is 25.9. The van der Waals surface area contributed by atoms with Gasteiger partial charge in [-0.15, -0.1) is 0 Å². The van der Waals surface area contributed by atoms with Gasteiger partial charge in [0.25, 0.3) is 0 Å². The molecular weight excluding hydrogens is 688 g/mol. The molecule has 0 heterocycles. The van der Waals surface area contributed by atoms with E-state index in [2.05, 4.69) is 5.32 Å². The molecule has 0 saturated heterocycles. The SMILES string of the molecule is COCCN(CC(=O)N(CCc1ccccc1)CC(=O)N(CCOC)CC(=O)N(CCc1ccccc1)CC(N)=O)C(=O)CNc1cccc(Cl)c1. The van der Waals surface area contributed by atoms with E-state index in [-0.39, 0.29) is 78.0 Å². The Hall–Kier alpha value is -4.98. The third-order valence-electron chi connectivity index (χ3n) is 8.16. The number of hydrogen-bond donors (Lipinski definition) is 2. The van der Waals surface area contributed by atoms with E-state index < -0.39 is 23.6 Å². The molecule has 13 nitrogen and oxygen atoms in total. The molecule has 14 heteroatoms. The Morgan fingerprint density at radius 2 is 1.04 bits per heavy atom. The predicted octanol–water partition coefficient (Wildman–Crippen LogP) is 2.33. The van der Waals surface area contributed by atoms with Crippen molar-refractivity contribution < 1.29 is 33.4 Å². The Morgan fingerprint density at radius 3 is 1.48 bits per heavy atom. The summed E-state index contributed by atoms with van der Waals surface area (Å²) in [7, 11) is 2.98. The van der Waals surface area contributed by atoms with E-state index in [0.29, 0.717) is 23.6 Å². The molecule has 0 aliphatic rings. The second-order valence-electron chi connectivity index (χ2n) is 12.0. The number of nitrogens with two attached hydrogens (primary N) is 1. The number of nitrogens with one attached hydrogen (secondary N) is 1. The molecule has 3 aromatic rings. The molecule has 52 heavy (non-hydrogen) atoms. The van der Waals surface area contributed by atoms with Gasteiger partial charge < -0.3 is 40.1 Å². The Labute approximate surface area is 310 Å². The fourth-order valence-electron chi connectivity index (χ4n) is 5.25. The van der Waals surface area contributed by atoms with Crippen LogP contribution in [0.3, 0.4) is 0 Å². The number of benzene rings is 3. The van der Waals surface area contributed by atoms with E-state index in [4.69, 9.17) is 26.8 Å². The molecule has 0 spiro atoms.